The van der Waals surface area contributed by atoms with E-state index < -0.39 is 10.0 Å². The fraction of sp³-hybridized carbons (Fsp3) is 0.304. The van der Waals surface area contributed by atoms with Gasteiger partial charge in [-0.15, -0.1) is 0 Å². The zero-order valence-electron chi connectivity index (χ0n) is 20.1. The third-order valence-corrected chi connectivity index (χ3v) is 6.61. The second kappa shape index (κ2) is 12.0. The van der Waals surface area contributed by atoms with Gasteiger partial charge in [0.15, 0.2) is 5.82 Å². The molecule has 0 aliphatic heterocycles. The number of nitrogens with zero attached hydrogens (tertiary/aromatic N) is 3. The Morgan fingerprint density at radius 2 is 1.86 bits per heavy atom. The first-order valence-electron chi connectivity index (χ1n) is 11.0. The van der Waals surface area contributed by atoms with Crippen LogP contribution in [0.2, 0.25) is 5.02 Å². The van der Waals surface area contributed by atoms with Gasteiger partial charge in [-0.3, -0.25) is 0 Å². The summed E-state index contributed by atoms with van der Waals surface area (Å²) in [6, 6.07) is 12.2. The molecule has 0 aliphatic carbocycles. The van der Waals surface area contributed by atoms with Crippen molar-refractivity contribution in [2.75, 3.05) is 56.8 Å². The standard InChI is InChI=1S/C23H30ClN7O3S/c1-5-34-20-14-16(26-12-13-31(3)4)10-11-18(20)29-23-27-15-17(24)22(30-23)28-19-8-6-7-9-21(19)35(32,33)25-2/h6-11,14-15,25-26H,5,12-13H2,1-4H3,(H2,27,28,29,30). The highest BCUT2D eigenvalue weighted by molar-refractivity contribution is 7.89. The smallest absolute Gasteiger partial charge is 0.242 e. The first kappa shape index (κ1) is 26.5. The topological polar surface area (TPSA) is 121 Å². The third kappa shape index (κ3) is 7.18. The average Bonchev–Trinajstić information content (AvgIpc) is 2.83. The molecule has 3 aromatic rings. The SMILES string of the molecule is CCOc1cc(NCCN(C)C)ccc1Nc1ncc(Cl)c(Nc2ccccc2S(=O)(=O)NC)n1. The van der Waals surface area contributed by atoms with E-state index in [-0.39, 0.29) is 21.7 Å². The number of hydrogen-bond donors (Lipinski definition) is 4. The van der Waals surface area contributed by atoms with Gasteiger partial charge in [-0.25, -0.2) is 18.1 Å². The molecule has 4 N–H and O–H groups in total. The van der Waals surface area contributed by atoms with Crippen molar-refractivity contribution in [3.8, 4) is 5.75 Å². The van der Waals surface area contributed by atoms with E-state index in [1.807, 2.05) is 39.2 Å². The van der Waals surface area contributed by atoms with Gasteiger partial charge < -0.3 is 25.6 Å². The van der Waals surface area contributed by atoms with Crippen molar-refractivity contribution in [2.24, 2.45) is 0 Å². The molecular weight excluding hydrogens is 490 g/mol. The Morgan fingerprint density at radius 1 is 1.09 bits per heavy atom. The lowest BCUT2D eigenvalue weighted by Crippen LogP contribution is -2.20. The summed E-state index contributed by atoms with van der Waals surface area (Å²) < 4.78 is 32.9. The van der Waals surface area contributed by atoms with Crippen LogP contribution >= 0.6 is 11.6 Å². The van der Waals surface area contributed by atoms with Gasteiger partial charge in [0.05, 0.1) is 24.2 Å². The Kier molecular flexibility index (Phi) is 9.10. The first-order chi connectivity index (χ1) is 16.7. The zero-order valence-corrected chi connectivity index (χ0v) is 21.7. The number of likely N-dealkylation sites (N-methyl/N-ethyl adjacent to an activating group) is 1. The molecule has 0 unspecified atom stereocenters. The maximum atomic E-state index is 12.4. The number of ether oxygens (including phenoxy) is 1. The van der Waals surface area contributed by atoms with Gasteiger partial charge in [0.25, 0.3) is 0 Å². The lowest BCUT2D eigenvalue weighted by molar-refractivity contribution is 0.342. The number of rotatable bonds is 12. The van der Waals surface area contributed by atoms with E-state index in [9.17, 15) is 8.42 Å². The minimum absolute atomic E-state index is 0.0719. The highest BCUT2D eigenvalue weighted by Crippen LogP contribution is 2.32. The third-order valence-electron chi connectivity index (χ3n) is 4.86. The second-order valence-electron chi connectivity index (χ2n) is 7.72. The number of nitrogens with one attached hydrogen (secondary N) is 4. The minimum atomic E-state index is -3.69. The monoisotopic (exact) mass is 519 g/mol. The Labute approximate surface area is 211 Å². The van der Waals surface area contributed by atoms with Crippen molar-refractivity contribution in [1.82, 2.24) is 19.6 Å². The quantitative estimate of drug-likeness (QED) is 0.282. The molecule has 0 amide bonds. The van der Waals surface area contributed by atoms with Crippen LogP contribution in [0.15, 0.2) is 53.6 Å². The Bertz CT molecular complexity index is 1260. The number of para-hydroxylation sites is 1. The van der Waals surface area contributed by atoms with Crippen LogP contribution in [0.4, 0.5) is 28.8 Å². The van der Waals surface area contributed by atoms with Crippen LogP contribution in [-0.4, -0.2) is 64.1 Å². The predicted octanol–water partition coefficient (Wildman–Crippen LogP) is 3.90. The fourth-order valence-electron chi connectivity index (χ4n) is 3.11. The number of hydrogen-bond acceptors (Lipinski definition) is 9. The lowest BCUT2D eigenvalue weighted by atomic mass is 10.2. The molecule has 0 aliphatic rings. The average molecular weight is 520 g/mol. The molecule has 0 atom stereocenters. The van der Waals surface area contributed by atoms with Gasteiger partial charge in [0.1, 0.15) is 15.7 Å². The highest BCUT2D eigenvalue weighted by atomic mass is 35.5. The summed E-state index contributed by atoms with van der Waals surface area (Å²) in [5.74, 6) is 1.16. The number of benzene rings is 2. The zero-order chi connectivity index (χ0) is 25.4. The van der Waals surface area contributed by atoms with Crippen LogP contribution in [0.5, 0.6) is 5.75 Å². The summed E-state index contributed by atoms with van der Waals surface area (Å²) >= 11 is 6.31. The Morgan fingerprint density at radius 3 is 2.57 bits per heavy atom. The lowest BCUT2D eigenvalue weighted by Gasteiger charge is -2.16. The largest absolute Gasteiger partial charge is 0.492 e. The number of aromatic nitrogens is 2. The molecule has 10 nitrogen and oxygen atoms in total. The molecule has 0 saturated heterocycles. The normalized spacial score (nSPS) is 11.4. The molecule has 0 radical (unpaired) electrons. The maximum absolute atomic E-state index is 12.4. The minimum Gasteiger partial charge on any atom is -0.492 e. The van der Waals surface area contributed by atoms with Crippen LogP contribution < -0.4 is 25.4 Å². The van der Waals surface area contributed by atoms with Gasteiger partial charge >= 0.3 is 0 Å². The van der Waals surface area contributed by atoms with Gasteiger partial charge in [0, 0.05) is 24.8 Å². The molecule has 0 fully saturated rings. The summed E-state index contributed by atoms with van der Waals surface area (Å²) in [5.41, 5.74) is 1.94. The molecule has 12 heteroatoms. The summed E-state index contributed by atoms with van der Waals surface area (Å²) in [4.78, 5) is 10.9. The maximum Gasteiger partial charge on any atom is 0.242 e. The van der Waals surface area contributed by atoms with E-state index in [2.05, 4.69) is 35.5 Å². The van der Waals surface area contributed by atoms with E-state index >= 15 is 0 Å². The number of sulfonamides is 1. The number of halogens is 1. The van der Waals surface area contributed by atoms with Crippen LogP contribution in [0.3, 0.4) is 0 Å². The molecule has 0 spiro atoms. The summed E-state index contributed by atoms with van der Waals surface area (Å²) in [7, 11) is 1.71. The van der Waals surface area contributed by atoms with Gasteiger partial charge in [-0.2, -0.15) is 4.98 Å². The molecule has 1 heterocycles. The molecule has 188 valence electrons. The molecule has 35 heavy (non-hydrogen) atoms. The van der Waals surface area contributed by atoms with Crippen molar-refractivity contribution < 1.29 is 13.2 Å². The molecule has 1 aromatic heterocycles. The van der Waals surface area contributed by atoms with Crippen molar-refractivity contribution in [1.29, 1.82) is 0 Å². The summed E-state index contributed by atoms with van der Waals surface area (Å²) in [5, 5.41) is 9.76. The molecule has 2 aromatic carbocycles. The van der Waals surface area contributed by atoms with E-state index in [1.165, 1.54) is 19.3 Å². The Hall–Kier alpha value is -3.12. The summed E-state index contributed by atoms with van der Waals surface area (Å²) in [6.07, 6.45) is 1.44. The van der Waals surface area contributed by atoms with E-state index in [0.717, 1.165) is 18.8 Å². The van der Waals surface area contributed by atoms with Crippen molar-refractivity contribution in [3.05, 3.63) is 53.7 Å². The van der Waals surface area contributed by atoms with Crippen LogP contribution in [0.25, 0.3) is 0 Å². The summed E-state index contributed by atoms with van der Waals surface area (Å²) in [6.45, 7) is 4.09. The van der Waals surface area contributed by atoms with Gasteiger partial charge in [-0.05, 0) is 52.3 Å². The van der Waals surface area contributed by atoms with E-state index in [1.54, 1.807) is 18.2 Å². The molecule has 0 saturated carbocycles. The Balaban J connectivity index is 1.85. The van der Waals surface area contributed by atoms with Gasteiger partial charge in [-0.1, -0.05) is 23.7 Å². The molecule has 0 bridgehead atoms. The van der Waals surface area contributed by atoms with E-state index in [0.29, 0.717) is 23.7 Å². The predicted molar refractivity (Wildman–Crippen MR) is 141 cm³/mol. The second-order valence-corrected chi connectivity index (χ2v) is 9.98. The first-order valence-corrected chi connectivity index (χ1v) is 12.8. The fourth-order valence-corrected chi connectivity index (χ4v) is 4.14. The van der Waals surface area contributed by atoms with Crippen LogP contribution in [0.1, 0.15) is 6.92 Å². The van der Waals surface area contributed by atoms with Crippen LogP contribution in [0, 0.1) is 0 Å². The highest BCUT2D eigenvalue weighted by Gasteiger charge is 2.18. The van der Waals surface area contributed by atoms with Crippen molar-refractivity contribution in [2.45, 2.75) is 11.8 Å². The van der Waals surface area contributed by atoms with E-state index in [4.69, 9.17) is 16.3 Å². The molecule has 3 rings (SSSR count). The van der Waals surface area contributed by atoms with Crippen molar-refractivity contribution >= 4 is 50.5 Å². The number of anilines is 5. The molecular formula is C23H30ClN7O3S. The van der Waals surface area contributed by atoms with Gasteiger partial charge in [0.2, 0.25) is 16.0 Å². The van der Waals surface area contributed by atoms with Crippen molar-refractivity contribution in [3.63, 3.8) is 0 Å². The van der Waals surface area contributed by atoms with Crippen LogP contribution in [-0.2, 0) is 10.0 Å².